The highest BCUT2D eigenvalue weighted by Gasteiger charge is 2.21. The van der Waals surface area contributed by atoms with Gasteiger partial charge in [-0.05, 0) is 12.8 Å². The van der Waals surface area contributed by atoms with Gasteiger partial charge in [0.15, 0.2) is 5.82 Å². The molecule has 1 saturated heterocycles. The zero-order valence-electron chi connectivity index (χ0n) is 12.7. The van der Waals surface area contributed by atoms with Crippen molar-refractivity contribution in [3.63, 3.8) is 0 Å². The molecule has 0 radical (unpaired) electrons. The van der Waals surface area contributed by atoms with Gasteiger partial charge in [-0.1, -0.05) is 12.1 Å². The number of hydrogen-bond donors (Lipinski definition) is 0. The van der Waals surface area contributed by atoms with Crippen LogP contribution in [0.2, 0.25) is 0 Å². The molecule has 7 heteroatoms. The molecular weight excluding hydrogens is 274 g/mol. The van der Waals surface area contributed by atoms with Crippen LogP contribution in [0.4, 0.5) is 0 Å². The van der Waals surface area contributed by atoms with Crippen LogP contribution < -0.4 is 0 Å². The summed E-state index contributed by atoms with van der Waals surface area (Å²) in [6, 6.07) is 0. The van der Waals surface area contributed by atoms with E-state index in [-0.39, 0.29) is 12.1 Å². The Labute approximate surface area is 124 Å². The van der Waals surface area contributed by atoms with Crippen LogP contribution in [0.5, 0.6) is 0 Å². The fraction of sp³-hybridized carbons (Fsp3) is 0.786. The zero-order valence-corrected chi connectivity index (χ0v) is 12.7. The Morgan fingerprint density at radius 1 is 1.52 bits per heavy atom. The summed E-state index contributed by atoms with van der Waals surface area (Å²) in [5, 5.41) is 3.90. The number of ether oxygens (including phenoxy) is 2. The van der Waals surface area contributed by atoms with Gasteiger partial charge in [-0.25, -0.2) is 0 Å². The van der Waals surface area contributed by atoms with Gasteiger partial charge in [0, 0.05) is 26.1 Å². The lowest BCUT2D eigenvalue weighted by Gasteiger charge is -2.23. The number of aromatic nitrogens is 2. The van der Waals surface area contributed by atoms with Crippen molar-refractivity contribution in [2.75, 3.05) is 26.8 Å². The number of carbonyl (C=O) groups excluding carboxylic acids is 1. The Morgan fingerprint density at radius 2 is 2.38 bits per heavy atom. The number of carbonyl (C=O) groups is 1. The van der Waals surface area contributed by atoms with Crippen LogP contribution in [-0.2, 0) is 27.2 Å². The molecule has 0 N–H and O–H groups in total. The molecule has 0 aliphatic carbocycles. The molecular formula is C14H23N3O4. The quantitative estimate of drug-likeness (QED) is 0.667. The van der Waals surface area contributed by atoms with E-state index in [1.165, 1.54) is 7.11 Å². The molecule has 0 bridgehead atoms. The van der Waals surface area contributed by atoms with E-state index in [2.05, 4.69) is 15.0 Å². The largest absolute Gasteiger partial charge is 0.469 e. The van der Waals surface area contributed by atoms with E-state index in [1.807, 2.05) is 6.92 Å². The number of esters is 1. The summed E-state index contributed by atoms with van der Waals surface area (Å²) < 4.78 is 15.6. The van der Waals surface area contributed by atoms with Gasteiger partial charge in [0.1, 0.15) is 0 Å². The molecule has 1 fully saturated rings. The van der Waals surface area contributed by atoms with Crippen molar-refractivity contribution in [1.82, 2.24) is 15.0 Å². The van der Waals surface area contributed by atoms with Gasteiger partial charge in [0.25, 0.3) is 0 Å². The highest BCUT2D eigenvalue weighted by molar-refractivity contribution is 5.69. The summed E-state index contributed by atoms with van der Waals surface area (Å²) in [4.78, 5) is 17.7. The first-order valence-corrected chi connectivity index (χ1v) is 7.43. The Kier molecular flexibility index (Phi) is 6.13. The molecule has 1 aromatic heterocycles. The van der Waals surface area contributed by atoms with Gasteiger partial charge in [-0.3, -0.25) is 9.69 Å². The van der Waals surface area contributed by atoms with Crippen molar-refractivity contribution >= 4 is 5.97 Å². The highest BCUT2D eigenvalue weighted by Crippen LogP contribution is 2.15. The first-order chi connectivity index (χ1) is 10.2. The molecule has 0 amide bonds. The third-order valence-corrected chi connectivity index (χ3v) is 3.53. The minimum Gasteiger partial charge on any atom is -0.469 e. The van der Waals surface area contributed by atoms with E-state index in [9.17, 15) is 4.79 Å². The van der Waals surface area contributed by atoms with Crippen LogP contribution in [0.15, 0.2) is 4.52 Å². The first-order valence-electron chi connectivity index (χ1n) is 7.43. The van der Waals surface area contributed by atoms with E-state index in [4.69, 9.17) is 14.0 Å². The third kappa shape index (κ3) is 5.09. The lowest BCUT2D eigenvalue weighted by Crippen LogP contribution is -2.33. The predicted octanol–water partition coefficient (Wildman–Crippen LogP) is 1.18. The van der Waals surface area contributed by atoms with Crippen molar-refractivity contribution in [2.45, 2.75) is 45.3 Å². The van der Waals surface area contributed by atoms with E-state index < -0.39 is 0 Å². The summed E-state index contributed by atoms with van der Waals surface area (Å²) in [5.41, 5.74) is 0. The SMILES string of the molecule is CCc1noc(CN(CCC(=O)OC)CC2CCCO2)n1. The van der Waals surface area contributed by atoms with Crippen molar-refractivity contribution < 1.29 is 18.8 Å². The van der Waals surface area contributed by atoms with Gasteiger partial charge >= 0.3 is 5.97 Å². The molecule has 7 nitrogen and oxygen atoms in total. The number of aryl methyl sites for hydroxylation is 1. The second-order valence-electron chi connectivity index (χ2n) is 5.15. The Balaban J connectivity index is 1.90. The van der Waals surface area contributed by atoms with E-state index in [0.29, 0.717) is 31.2 Å². The van der Waals surface area contributed by atoms with Crippen LogP contribution in [-0.4, -0.2) is 53.9 Å². The standard InChI is InChI=1S/C14H23N3O4/c1-3-12-15-13(21-16-12)10-17(7-6-14(18)19-2)9-11-5-4-8-20-11/h11H,3-10H2,1-2H3. The average Bonchev–Trinajstić information content (AvgIpc) is 3.15. The number of rotatable bonds is 8. The summed E-state index contributed by atoms with van der Waals surface area (Å²) >= 11 is 0. The van der Waals surface area contributed by atoms with Crippen molar-refractivity contribution in [1.29, 1.82) is 0 Å². The van der Waals surface area contributed by atoms with Gasteiger partial charge < -0.3 is 14.0 Å². The minimum absolute atomic E-state index is 0.216. The molecule has 1 aliphatic rings. The summed E-state index contributed by atoms with van der Waals surface area (Å²) in [5.74, 6) is 1.07. The van der Waals surface area contributed by atoms with Gasteiger partial charge in [-0.2, -0.15) is 4.98 Å². The number of nitrogens with zero attached hydrogens (tertiary/aromatic N) is 3. The van der Waals surface area contributed by atoms with Crippen LogP contribution in [0, 0.1) is 0 Å². The lowest BCUT2D eigenvalue weighted by molar-refractivity contribution is -0.141. The van der Waals surface area contributed by atoms with Gasteiger partial charge in [0.05, 0.1) is 26.2 Å². The van der Waals surface area contributed by atoms with Crippen molar-refractivity contribution in [3.8, 4) is 0 Å². The van der Waals surface area contributed by atoms with Gasteiger partial charge in [0.2, 0.25) is 5.89 Å². The Hall–Kier alpha value is -1.47. The monoisotopic (exact) mass is 297 g/mol. The summed E-state index contributed by atoms with van der Waals surface area (Å²) in [6.07, 6.45) is 3.46. The average molecular weight is 297 g/mol. The van der Waals surface area contributed by atoms with E-state index in [1.54, 1.807) is 0 Å². The zero-order chi connectivity index (χ0) is 15.1. The summed E-state index contributed by atoms with van der Waals surface area (Å²) in [6.45, 7) is 4.69. The fourth-order valence-electron chi connectivity index (χ4n) is 2.35. The molecule has 1 aliphatic heterocycles. The topological polar surface area (TPSA) is 77.7 Å². The van der Waals surface area contributed by atoms with E-state index in [0.717, 1.165) is 32.4 Å². The summed E-state index contributed by atoms with van der Waals surface area (Å²) in [7, 11) is 1.40. The molecule has 2 heterocycles. The predicted molar refractivity (Wildman–Crippen MR) is 74.6 cm³/mol. The lowest BCUT2D eigenvalue weighted by atomic mass is 10.2. The molecule has 0 spiro atoms. The van der Waals surface area contributed by atoms with Crippen LogP contribution in [0.25, 0.3) is 0 Å². The third-order valence-electron chi connectivity index (χ3n) is 3.53. The fourth-order valence-corrected chi connectivity index (χ4v) is 2.35. The van der Waals surface area contributed by atoms with Crippen molar-refractivity contribution in [2.24, 2.45) is 0 Å². The second-order valence-corrected chi connectivity index (χ2v) is 5.15. The number of hydrogen-bond acceptors (Lipinski definition) is 7. The smallest absolute Gasteiger partial charge is 0.306 e. The Morgan fingerprint density at radius 3 is 3.00 bits per heavy atom. The van der Waals surface area contributed by atoms with Crippen LogP contribution in [0.3, 0.4) is 0 Å². The molecule has 0 saturated carbocycles. The maximum absolute atomic E-state index is 11.3. The Bertz CT molecular complexity index is 443. The second kappa shape index (κ2) is 8.09. The number of methoxy groups -OCH3 is 1. The van der Waals surface area contributed by atoms with Gasteiger partial charge in [-0.15, -0.1) is 0 Å². The van der Waals surface area contributed by atoms with E-state index >= 15 is 0 Å². The molecule has 21 heavy (non-hydrogen) atoms. The van der Waals surface area contributed by atoms with Crippen molar-refractivity contribution in [3.05, 3.63) is 11.7 Å². The highest BCUT2D eigenvalue weighted by atomic mass is 16.5. The maximum Gasteiger partial charge on any atom is 0.306 e. The first kappa shape index (κ1) is 15.9. The molecule has 0 aromatic carbocycles. The molecule has 1 atom stereocenters. The van der Waals surface area contributed by atoms with Crippen LogP contribution in [0.1, 0.15) is 37.9 Å². The molecule has 1 aromatic rings. The molecule has 1 unspecified atom stereocenters. The van der Waals surface area contributed by atoms with Crippen LogP contribution >= 0.6 is 0 Å². The minimum atomic E-state index is -0.216. The maximum atomic E-state index is 11.3. The molecule has 118 valence electrons. The molecule has 2 rings (SSSR count). The normalized spacial score (nSPS) is 18.3.